The summed E-state index contributed by atoms with van der Waals surface area (Å²) in [6.45, 7) is 0.910. The van der Waals surface area contributed by atoms with Crippen LogP contribution in [0.25, 0.3) is 11.3 Å². The fourth-order valence-electron chi connectivity index (χ4n) is 3.17. The van der Waals surface area contributed by atoms with E-state index in [1.165, 1.54) is 18.4 Å². The van der Waals surface area contributed by atoms with Crippen LogP contribution in [0.15, 0.2) is 52.8 Å². The van der Waals surface area contributed by atoms with E-state index in [0.29, 0.717) is 10.0 Å². The molecule has 1 aliphatic rings. The number of anilines is 1. The zero-order chi connectivity index (χ0) is 18.6. The number of hydrogen-bond donors (Lipinski definition) is 1. The summed E-state index contributed by atoms with van der Waals surface area (Å²) in [4.78, 5) is 9.33. The van der Waals surface area contributed by atoms with Gasteiger partial charge in [-0.3, -0.25) is 4.99 Å². The number of nitrogens with one attached hydrogen (secondary N) is 1. The van der Waals surface area contributed by atoms with Gasteiger partial charge in [0.05, 0.1) is 15.7 Å². The highest BCUT2D eigenvalue weighted by molar-refractivity contribution is 7.14. The summed E-state index contributed by atoms with van der Waals surface area (Å²) >= 11 is 13.8. The van der Waals surface area contributed by atoms with Gasteiger partial charge < -0.3 is 5.32 Å². The van der Waals surface area contributed by atoms with Gasteiger partial charge in [0.15, 0.2) is 5.13 Å². The second-order valence-corrected chi connectivity index (χ2v) is 8.20. The van der Waals surface area contributed by atoms with E-state index in [1.54, 1.807) is 11.3 Å². The number of nitrogens with zero attached hydrogens (tertiary/aromatic N) is 2. The van der Waals surface area contributed by atoms with E-state index in [4.69, 9.17) is 28.2 Å². The van der Waals surface area contributed by atoms with Crippen LogP contribution in [0.2, 0.25) is 10.0 Å². The number of aromatic nitrogens is 1. The first-order valence-corrected chi connectivity index (χ1v) is 10.6. The average molecular weight is 416 g/mol. The van der Waals surface area contributed by atoms with E-state index in [0.717, 1.165) is 47.2 Å². The van der Waals surface area contributed by atoms with Crippen LogP contribution in [0.5, 0.6) is 0 Å². The van der Waals surface area contributed by atoms with Crippen molar-refractivity contribution < 1.29 is 0 Å². The fourth-order valence-corrected chi connectivity index (χ4v) is 4.22. The van der Waals surface area contributed by atoms with Gasteiger partial charge in [-0.25, -0.2) is 4.98 Å². The molecule has 2 aromatic carbocycles. The molecule has 2 heterocycles. The Morgan fingerprint density at radius 1 is 1.04 bits per heavy atom. The Morgan fingerprint density at radius 3 is 2.74 bits per heavy atom. The van der Waals surface area contributed by atoms with Gasteiger partial charge in [-0.15, -0.1) is 11.3 Å². The maximum atomic E-state index is 6.17. The minimum absolute atomic E-state index is 0.578. The SMILES string of the molecule is Clc1ccc(Cc2ccccc2-c2csc(NC3=NCCCC3)n2)cc1Cl. The van der Waals surface area contributed by atoms with Crippen LogP contribution in [0.1, 0.15) is 30.4 Å². The van der Waals surface area contributed by atoms with Crippen LogP contribution in [-0.4, -0.2) is 17.4 Å². The summed E-state index contributed by atoms with van der Waals surface area (Å²) < 4.78 is 0. The van der Waals surface area contributed by atoms with Gasteiger partial charge >= 0.3 is 0 Å². The predicted octanol–water partition coefficient (Wildman–Crippen LogP) is 6.70. The van der Waals surface area contributed by atoms with Crippen molar-refractivity contribution in [1.82, 2.24) is 4.98 Å². The van der Waals surface area contributed by atoms with Gasteiger partial charge in [0.1, 0.15) is 5.84 Å². The summed E-state index contributed by atoms with van der Waals surface area (Å²) in [7, 11) is 0. The largest absolute Gasteiger partial charge is 0.320 e. The Hall–Kier alpha value is -1.88. The molecule has 1 aromatic heterocycles. The molecule has 0 radical (unpaired) electrons. The van der Waals surface area contributed by atoms with Crippen LogP contribution in [0.4, 0.5) is 5.13 Å². The molecule has 0 aliphatic carbocycles. The predicted molar refractivity (Wildman–Crippen MR) is 117 cm³/mol. The lowest BCUT2D eigenvalue weighted by molar-refractivity contribution is 0.737. The van der Waals surface area contributed by atoms with Crippen molar-refractivity contribution in [2.24, 2.45) is 4.99 Å². The summed E-state index contributed by atoms with van der Waals surface area (Å²) in [6.07, 6.45) is 4.15. The third-order valence-corrected chi connectivity index (χ3v) is 6.05. The number of thiazole rings is 1. The highest BCUT2D eigenvalue weighted by atomic mass is 35.5. The van der Waals surface area contributed by atoms with E-state index in [9.17, 15) is 0 Å². The number of amidine groups is 1. The van der Waals surface area contributed by atoms with Crippen LogP contribution >= 0.6 is 34.5 Å². The first kappa shape index (κ1) is 18.5. The summed E-state index contributed by atoms with van der Waals surface area (Å²) in [5, 5.41) is 7.54. The maximum absolute atomic E-state index is 6.17. The monoisotopic (exact) mass is 415 g/mol. The molecular formula is C21H19Cl2N3S. The molecule has 0 atom stereocenters. The first-order chi connectivity index (χ1) is 13.2. The molecule has 0 unspecified atom stereocenters. The molecule has 1 N–H and O–H groups in total. The van der Waals surface area contributed by atoms with Crippen molar-refractivity contribution in [3.63, 3.8) is 0 Å². The molecule has 0 saturated carbocycles. The quantitative estimate of drug-likeness (QED) is 0.514. The van der Waals surface area contributed by atoms with E-state index in [1.807, 2.05) is 24.3 Å². The Balaban J connectivity index is 1.57. The van der Waals surface area contributed by atoms with Crippen LogP contribution in [0.3, 0.4) is 0 Å². The molecule has 6 heteroatoms. The smallest absolute Gasteiger partial charge is 0.188 e. The first-order valence-electron chi connectivity index (χ1n) is 8.97. The maximum Gasteiger partial charge on any atom is 0.188 e. The molecule has 3 nitrogen and oxygen atoms in total. The second kappa shape index (κ2) is 8.42. The van der Waals surface area contributed by atoms with E-state index >= 15 is 0 Å². The molecule has 0 spiro atoms. The van der Waals surface area contributed by atoms with Gasteiger partial charge in [0.2, 0.25) is 0 Å². The average Bonchev–Trinajstić information content (AvgIpc) is 3.14. The molecule has 4 rings (SSSR count). The van der Waals surface area contributed by atoms with Crippen LogP contribution in [0, 0.1) is 0 Å². The topological polar surface area (TPSA) is 37.3 Å². The molecule has 0 bridgehead atoms. The molecular weight excluding hydrogens is 397 g/mol. The van der Waals surface area contributed by atoms with Crippen molar-refractivity contribution in [2.45, 2.75) is 25.7 Å². The Kier molecular flexibility index (Phi) is 5.77. The third kappa shape index (κ3) is 4.52. The normalized spacial score (nSPS) is 14.1. The van der Waals surface area contributed by atoms with Crippen LogP contribution in [-0.2, 0) is 6.42 Å². The summed E-state index contributed by atoms with van der Waals surface area (Å²) in [5.41, 5.74) is 4.46. The zero-order valence-electron chi connectivity index (χ0n) is 14.7. The van der Waals surface area contributed by atoms with Gasteiger partial charge in [-0.2, -0.15) is 0 Å². The molecule has 27 heavy (non-hydrogen) atoms. The fraction of sp³-hybridized carbons (Fsp3) is 0.238. The minimum Gasteiger partial charge on any atom is -0.320 e. The Bertz CT molecular complexity index is 981. The zero-order valence-corrected chi connectivity index (χ0v) is 17.0. The molecule has 0 saturated heterocycles. The number of aliphatic imine (C=N–C) groups is 1. The lowest BCUT2D eigenvalue weighted by Crippen LogP contribution is -2.15. The molecule has 1 aliphatic heterocycles. The highest BCUT2D eigenvalue weighted by Gasteiger charge is 2.12. The van der Waals surface area contributed by atoms with Crippen LogP contribution < -0.4 is 5.32 Å². The van der Waals surface area contributed by atoms with Crippen molar-refractivity contribution >= 4 is 45.5 Å². The van der Waals surface area contributed by atoms with Crippen molar-refractivity contribution in [3.05, 3.63) is 69.0 Å². The van der Waals surface area contributed by atoms with E-state index in [-0.39, 0.29) is 0 Å². The highest BCUT2D eigenvalue weighted by Crippen LogP contribution is 2.30. The summed E-state index contributed by atoms with van der Waals surface area (Å²) in [5.74, 6) is 1.05. The number of hydrogen-bond acceptors (Lipinski definition) is 4. The van der Waals surface area contributed by atoms with Gasteiger partial charge in [0.25, 0.3) is 0 Å². The Morgan fingerprint density at radius 2 is 1.93 bits per heavy atom. The lowest BCUT2D eigenvalue weighted by Gasteiger charge is -2.11. The van der Waals surface area contributed by atoms with Crippen molar-refractivity contribution in [1.29, 1.82) is 0 Å². The van der Waals surface area contributed by atoms with E-state index in [2.05, 4.69) is 33.9 Å². The Labute approximate surface area is 173 Å². The molecule has 0 fully saturated rings. The number of rotatable bonds is 4. The molecule has 0 amide bonds. The van der Waals surface area contributed by atoms with Crippen molar-refractivity contribution in [3.8, 4) is 11.3 Å². The van der Waals surface area contributed by atoms with Crippen molar-refractivity contribution in [2.75, 3.05) is 11.9 Å². The second-order valence-electron chi connectivity index (χ2n) is 6.53. The minimum atomic E-state index is 0.578. The third-order valence-electron chi connectivity index (χ3n) is 4.55. The number of benzene rings is 2. The summed E-state index contributed by atoms with van der Waals surface area (Å²) in [6, 6.07) is 14.1. The standard InChI is InChI=1S/C21H19Cl2N3S/c22-17-9-8-14(12-18(17)23)11-15-5-1-2-6-16(15)19-13-27-21(25-19)26-20-7-3-4-10-24-20/h1-2,5-6,8-9,12-13H,3-4,7,10-11H2,(H,24,25,26). The lowest BCUT2D eigenvalue weighted by atomic mass is 9.98. The van der Waals surface area contributed by atoms with Gasteiger partial charge in [-0.1, -0.05) is 53.5 Å². The van der Waals surface area contributed by atoms with E-state index < -0.39 is 0 Å². The van der Waals surface area contributed by atoms with Gasteiger partial charge in [-0.05, 0) is 42.5 Å². The molecule has 3 aromatic rings. The van der Waals surface area contributed by atoms with Gasteiger partial charge in [0, 0.05) is 23.9 Å². The molecule has 138 valence electrons. The number of halogens is 2.